The van der Waals surface area contributed by atoms with Crippen LogP contribution in [0.2, 0.25) is 0 Å². The van der Waals surface area contributed by atoms with E-state index in [0.29, 0.717) is 11.1 Å². The predicted molar refractivity (Wildman–Crippen MR) is 102 cm³/mol. The normalized spacial score (nSPS) is 11.2. The third-order valence-electron chi connectivity index (χ3n) is 4.45. The van der Waals surface area contributed by atoms with Gasteiger partial charge in [0, 0.05) is 0 Å². The molecule has 0 saturated heterocycles. The molecule has 0 heterocycles. The maximum Gasteiger partial charge on any atom is 0.338 e. The van der Waals surface area contributed by atoms with Crippen molar-refractivity contribution in [2.75, 3.05) is 7.11 Å². The van der Waals surface area contributed by atoms with Gasteiger partial charge in [-0.2, -0.15) is 0 Å². The van der Waals surface area contributed by atoms with Crippen LogP contribution in [0.5, 0.6) is 0 Å². The van der Waals surface area contributed by atoms with Gasteiger partial charge in [-0.1, -0.05) is 32.9 Å². The van der Waals surface area contributed by atoms with Gasteiger partial charge in [0.1, 0.15) is 6.61 Å². The maximum absolute atomic E-state index is 12.3. The Bertz CT molecular complexity index is 788. The molecule has 2 rings (SSSR count). The molecule has 0 atom stereocenters. The Morgan fingerprint density at radius 3 is 1.77 bits per heavy atom. The summed E-state index contributed by atoms with van der Waals surface area (Å²) in [4.78, 5) is 23.7. The SMILES string of the molecule is COC(=O)c1ccc(C(=O)OCc2c(C)cc(C(C)(C)C)cc2C)cc1. The average Bonchev–Trinajstić information content (AvgIpc) is 2.59. The van der Waals surface area contributed by atoms with Crippen molar-refractivity contribution < 1.29 is 19.1 Å². The van der Waals surface area contributed by atoms with Crippen LogP contribution in [0.25, 0.3) is 0 Å². The number of esters is 2. The van der Waals surface area contributed by atoms with E-state index in [-0.39, 0.29) is 12.0 Å². The molecule has 0 N–H and O–H groups in total. The van der Waals surface area contributed by atoms with E-state index in [0.717, 1.165) is 16.7 Å². The second-order valence-corrected chi connectivity index (χ2v) is 7.48. The molecule has 2 aromatic carbocycles. The topological polar surface area (TPSA) is 52.6 Å². The molecule has 4 heteroatoms. The van der Waals surface area contributed by atoms with Gasteiger partial charge in [-0.05, 0) is 65.8 Å². The Labute approximate surface area is 155 Å². The minimum absolute atomic E-state index is 0.0755. The van der Waals surface area contributed by atoms with Gasteiger partial charge < -0.3 is 9.47 Å². The number of carbonyl (C=O) groups is 2. The fourth-order valence-corrected chi connectivity index (χ4v) is 2.74. The predicted octanol–water partition coefficient (Wildman–Crippen LogP) is 4.74. The number of benzene rings is 2. The van der Waals surface area contributed by atoms with Crippen LogP contribution in [0.1, 0.15) is 63.7 Å². The molecule has 0 aliphatic rings. The Morgan fingerprint density at radius 1 is 0.885 bits per heavy atom. The zero-order valence-electron chi connectivity index (χ0n) is 16.3. The first-order chi connectivity index (χ1) is 12.1. The second kappa shape index (κ2) is 7.73. The van der Waals surface area contributed by atoms with Crippen LogP contribution in [-0.2, 0) is 21.5 Å². The number of aryl methyl sites for hydroxylation is 2. The lowest BCUT2D eigenvalue weighted by molar-refractivity contribution is 0.0470. The summed E-state index contributed by atoms with van der Waals surface area (Å²) in [7, 11) is 1.32. The smallest absolute Gasteiger partial charge is 0.338 e. The lowest BCUT2D eigenvalue weighted by atomic mass is 9.84. The van der Waals surface area contributed by atoms with Crippen LogP contribution in [0, 0.1) is 13.8 Å². The van der Waals surface area contributed by atoms with E-state index >= 15 is 0 Å². The molecule has 0 amide bonds. The Balaban J connectivity index is 2.11. The molecule has 2 aromatic rings. The summed E-state index contributed by atoms with van der Waals surface area (Å²) in [5, 5.41) is 0. The number of rotatable bonds is 4. The molecule has 0 radical (unpaired) electrons. The molecule has 0 aliphatic carbocycles. The minimum atomic E-state index is -0.435. The Morgan fingerprint density at radius 2 is 1.35 bits per heavy atom. The molecule has 26 heavy (non-hydrogen) atoms. The van der Waals surface area contributed by atoms with Crippen LogP contribution in [0.15, 0.2) is 36.4 Å². The number of ether oxygens (including phenoxy) is 2. The van der Waals surface area contributed by atoms with Crippen molar-refractivity contribution in [1.82, 2.24) is 0 Å². The fraction of sp³-hybridized carbons (Fsp3) is 0.364. The maximum atomic E-state index is 12.3. The van der Waals surface area contributed by atoms with Crippen LogP contribution in [0.4, 0.5) is 0 Å². The molecule has 0 fully saturated rings. The van der Waals surface area contributed by atoms with E-state index in [1.807, 2.05) is 13.8 Å². The number of hydrogen-bond acceptors (Lipinski definition) is 4. The van der Waals surface area contributed by atoms with Gasteiger partial charge in [0.2, 0.25) is 0 Å². The molecule has 0 aliphatic heterocycles. The Hall–Kier alpha value is -2.62. The highest BCUT2D eigenvalue weighted by Crippen LogP contribution is 2.27. The summed E-state index contributed by atoms with van der Waals surface area (Å²) >= 11 is 0. The molecule has 0 aromatic heterocycles. The van der Waals surface area contributed by atoms with Crippen molar-refractivity contribution in [1.29, 1.82) is 0 Å². The molecular formula is C22H26O4. The van der Waals surface area contributed by atoms with Crippen molar-refractivity contribution in [2.45, 2.75) is 46.6 Å². The van der Waals surface area contributed by atoms with E-state index in [9.17, 15) is 9.59 Å². The van der Waals surface area contributed by atoms with Gasteiger partial charge in [-0.3, -0.25) is 0 Å². The van der Waals surface area contributed by atoms with Crippen molar-refractivity contribution in [3.05, 3.63) is 69.8 Å². The molecule has 0 spiro atoms. The first kappa shape index (κ1) is 19.7. The summed E-state index contributed by atoms with van der Waals surface area (Å²) < 4.78 is 10.1. The van der Waals surface area contributed by atoms with Gasteiger partial charge in [-0.25, -0.2) is 9.59 Å². The zero-order chi connectivity index (χ0) is 19.5. The summed E-state index contributed by atoms with van der Waals surface area (Å²) in [5.41, 5.74) is 5.39. The van der Waals surface area contributed by atoms with E-state index in [2.05, 4.69) is 37.6 Å². The average molecular weight is 354 g/mol. The van der Waals surface area contributed by atoms with Crippen LogP contribution < -0.4 is 0 Å². The van der Waals surface area contributed by atoms with Crippen molar-refractivity contribution in [2.24, 2.45) is 0 Å². The van der Waals surface area contributed by atoms with E-state index in [1.165, 1.54) is 12.7 Å². The molecule has 0 saturated carbocycles. The van der Waals surface area contributed by atoms with Crippen LogP contribution in [0.3, 0.4) is 0 Å². The standard InChI is InChI=1S/C22H26O4/c1-14-11-18(22(3,4)5)12-15(2)19(14)13-26-21(24)17-9-7-16(8-10-17)20(23)25-6/h7-12H,13H2,1-6H3. The van der Waals surface area contributed by atoms with Crippen molar-refractivity contribution in [3.8, 4) is 0 Å². The summed E-state index contributed by atoms with van der Waals surface area (Å²) in [5.74, 6) is -0.852. The largest absolute Gasteiger partial charge is 0.465 e. The molecular weight excluding hydrogens is 328 g/mol. The van der Waals surface area contributed by atoms with E-state index < -0.39 is 11.9 Å². The molecule has 4 nitrogen and oxygen atoms in total. The van der Waals surface area contributed by atoms with Crippen LogP contribution >= 0.6 is 0 Å². The second-order valence-electron chi connectivity index (χ2n) is 7.48. The third kappa shape index (κ3) is 4.51. The first-order valence-electron chi connectivity index (χ1n) is 8.59. The van der Waals surface area contributed by atoms with E-state index in [4.69, 9.17) is 4.74 Å². The summed E-state index contributed by atoms with van der Waals surface area (Å²) in [6.45, 7) is 10.8. The van der Waals surface area contributed by atoms with Gasteiger partial charge >= 0.3 is 11.9 Å². The highest BCUT2D eigenvalue weighted by Gasteiger charge is 2.17. The lowest BCUT2D eigenvalue weighted by Crippen LogP contribution is -2.13. The van der Waals surface area contributed by atoms with Gasteiger partial charge in [0.25, 0.3) is 0 Å². The van der Waals surface area contributed by atoms with Gasteiger partial charge in [0.05, 0.1) is 18.2 Å². The monoisotopic (exact) mass is 354 g/mol. The van der Waals surface area contributed by atoms with Gasteiger partial charge in [-0.15, -0.1) is 0 Å². The van der Waals surface area contributed by atoms with Crippen molar-refractivity contribution in [3.63, 3.8) is 0 Å². The molecule has 138 valence electrons. The van der Waals surface area contributed by atoms with Gasteiger partial charge in [0.15, 0.2) is 0 Å². The van der Waals surface area contributed by atoms with Crippen molar-refractivity contribution >= 4 is 11.9 Å². The third-order valence-corrected chi connectivity index (χ3v) is 4.45. The number of carbonyl (C=O) groups excluding carboxylic acids is 2. The summed E-state index contributed by atoms with van der Waals surface area (Å²) in [6, 6.07) is 10.5. The van der Waals surface area contributed by atoms with E-state index in [1.54, 1.807) is 24.3 Å². The fourth-order valence-electron chi connectivity index (χ4n) is 2.74. The number of hydrogen-bond donors (Lipinski definition) is 0. The van der Waals surface area contributed by atoms with Crippen LogP contribution in [-0.4, -0.2) is 19.0 Å². The number of methoxy groups -OCH3 is 1. The first-order valence-corrected chi connectivity index (χ1v) is 8.59. The Kier molecular flexibility index (Phi) is 5.86. The summed E-state index contributed by atoms with van der Waals surface area (Å²) in [6.07, 6.45) is 0. The molecule has 0 unspecified atom stereocenters. The molecule has 0 bridgehead atoms. The lowest BCUT2D eigenvalue weighted by Gasteiger charge is -2.22. The zero-order valence-corrected chi connectivity index (χ0v) is 16.3. The quantitative estimate of drug-likeness (QED) is 0.744. The highest BCUT2D eigenvalue weighted by molar-refractivity contribution is 5.93. The highest BCUT2D eigenvalue weighted by atomic mass is 16.5. The minimum Gasteiger partial charge on any atom is -0.465 e.